The number of hydrogen-bond acceptors (Lipinski definition) is 2. The summed E-state index contributed by atoms with van der Waals surface area (Å²) < 4.78 is 0. The molecule has 0 heterocycles. The number of rotatable bonds is 4. The van der Waals surface area contributed by atoms with Crippen LogP contribution < -0.4 is 0 Å². The van der Waals surface area contributed by atoms with Crippen molar-refractivity contribution < 1.29 is 5.21 Å². The molecule has 0 fully saturated rings. The first-order valence-electron chi connectivity index (χ1n) is 7.33. The highest BCUT2D eigenvalue weighted by molar-refractivity contribution is 6.31. The summed E-state index contributed by atoms with van der Waals surface area (Å²) in [5.41, 5.74) is 2.08. The molecule has 0 spiro atoms. The van der Waals surface area contributed by atoms with Gasteiger partial charge in [-0.25, -0.2) is 0 Å². The summed E-state index contributed by atoms with van der Waals surface area (Å²) >= 11 is 6.50. The van der Waals surface area contributed by atoms with Crippen LogP contribution in [-0.4, -0.2) is 11.4 Å². The van der Waals surface area contributed by atoms with Crippen molar-refractivity contribution in [3.8, 4) is 0 Å². The van der Waals surface area contributed by atoms with Crippen LogP contribution in [0.2, 0.25) is 5.02 Å². The number of oxime groups is 1. The van der Waals surface area contributed by atoms with E-state index in [4.69, 9.17) is 11.6 Å². The van der Waals surface area contributed by atoms with Crippen molar-refractivity contribution in [1.29, 1.82) is 0 Å². The van der Waals surface area contributed by atoms with Crippen molar-refractivity contribution in [1.82, 2.24) is 0 Å². The van der Waals surface area contributed by atoms with E-state index in [1.54, 1.807) is 6.21 Å². The molecule has 3 rings (SSSR count). The normalized spacial score (nSPS) is 11.7. The Morgan fingerprint density at radius 3 is 1.70 bits per heavy atom. The minimum Gasteiger partial charge on any atom is -0.411 e. The third-order valence-corrected chi connectivity index (χ3v) is 4.34. The number of halogens is 1. The van der Waals surface area contributed by atoms with E-state index in [-0.39, 0.29) is 0 Å². The van der Waals surface area contributed by atoms with Gasteiger partial charge in [-0.05, 0) is 22.8 Å². The molecule has 0 aliphatic rings. The van der Waals surface area contributed by atoms with E-state index < -0.39 is 5.41 Å². The Morgan fingerprint density at radius 2 is 1.22 bits per heavy atom. The first kappa shape index (κ1) is 15.3. The average Bonchev–Trinajstić information content (AvgIpc) is 2.62. The van der Waals surface area contributed by atoms with Gasteiger partial charge in [0.2, 0.25) is 0 Å². The van der Waals surface area contributed by atoms with E-state index in [1.165, 1.54) is 0 Å². The largest absolute Gasteiger partial charge is 0.411 e. The Labute approximate surface area is 140 Å². The summed E-state index contributed by atoms with van der Waals surface area (Å²) in [6.07, 6.45) is 1.54. The second-order valence-electron chi connectivity index (χ2n) is 5.26. The Balaban J connectivity index is 2.39. The van der Waals surface area contributed by atoms with Gasteiger partial charge in [0.15, 0.2) is 0 Å². The number of nitrogens with zero attached hydrogens (tertiary/aromatic N) is 1. The van der Waals surface area contributed by atoms with Crippen LogP contribution in [0.4, 0.5) is 0 Å². The van der Waals surface area contributed by atoms with Crippen molar-refractivity contribution in [2.24, 2.45) is 5.16 Å². The van der Waals surface area contributed by atoms with Crippen LogP contribution in [0.15, 0.2) is 90.1 Å². The maximum Gasteiger partial charge on any atom is 0.0851 e. The van der Waals surface area contributed by atoms with Gasteiger partial charge in [0.05, 0.1) is 11.6 Å². The van der Waals surface area contributed by atoms with Crippen molar-refractivity contribution in [2.45, 2.75) is 5.41 Å². The predicted molar refractivity (Wildman–Crippen MR) is 94.5 cm³/mol. The molecule has 0 unspecified atom stereocenters. The Hall–Kier alpha value is -2.58. The molecule has 0 atom stereocenters. The highest BCUT2D eigenvalue weighted by Gasteiger charge is 2.36. The van der Waals surface area contributed by atoms with Gasteiger partial charge in [-0.3, -0.25) is 0 Å². The molecule has 3 aromatic carbocycles. The van der Waals surface area contributed by atoms with Crippen molar-refractivity contribution in [3.05, 3.63) is 107 Å². The molecule has 2 nitrogen and oxygen atoms in total. The van der Waals surface area contributed by atoms with Crippen LogP contribution in [0.25, 0.3) is 0 Å². The van der Waals surface area contributed by atoms with Gasteiger partial charge >= 0.3 is 0 Å². The molecule has 23 heavy (non-hydrogen) atoms. The lowest BCUT2D eigenvalue weighted by atomic mass is 9.70. The third kappa shape index (κ3) is 2.73. The smallest absolute Gasteiger partial charge is 0.0851 e. The summed E-state index contributed by atoms with van der Waals surface area (Å²) in [5.74, 6) is 0. The van der Waals surface area contributed by atoms with Gasteiger partial charge in [0, 0.05) is 5.02 Å². The minimum absolute atomic E-state index is 0.625. The van der Waals surface area contributed by atoms with Gasteiger partial charge in [0.25, 0.3) is 0 Å². The summed E-state index contributed by atoms with van der Waals surface area (Å²) in [7, 11) is 0. The van der Waals surface area contributed by atoms with E-state index in [1.807, 2.05) is 84.9 Å². The van der Waals surface area contributed by atoms with Gasteiger partial charge in [-0.2, -0.15) is 0 Å². The SMILES string of the molecule is O/N=C/C(c1ccccc1)(c1ccccc1)c1ccccc1Cl. The molecule has 0 bridgehead atoms. The number of hydrogen-bond donors (Lipinski definition) is 1. The highest BCUT2D eigenvalue weighted by Crippen LogP contribution is 2.40. The van der Waals surface area contributed by atoms with E-state index >= 15 is 0 Å². The van der Waals surface area contributed by atoms with Gasteiger partial charge in [-0.15, -0.1) is 5.16 Å². The standard InChI is InChI=1S/C20H16ClNO/c21-19-14-8-7-13-18(19)20(15-22-23,16-9-3-1-4-10-16)17-11-5-2-6-12-17/h1-15,23H/b22-15+. The van der Waals surface area contributed by atoms with E-state index in [0.29, 0.717) is 5.02 Å². The van der Waals surface area contributed by atoms with E-state index in [0.717, 1.165) is 16.7 Å². The fourth-order valence-electron chi connectivity index (χ4n) is 2.97. The molecule has 0 saturated carbocycles. The zero-order chi connectivity index (χ0) is 16.1. The zero-order valence-corrected chi connectivity index (χ0v) is 13.2. The lowest BCUT2D eigenvalue weighted by Gasteiger charge is -2.32. The van der Waals surface area contributed by atoms with Gasteiger partial charge in [-0.1, -0.05) is 90.5 Å². The topological polar surface area (TPSA) is 32.6 Å². The molecule has 1 N–H and O–H groups in total. The van der Waals surface area contributed by atoms with Gasteiger partial charge < -0.3 is 5.21 Å². The summed E-state index contributed by atoms with van der Waals surface area (Å²) in [4.78, 5) is 0. The van der Waals surface area contributed by atoms with Crippen LogP contribution in [0.1, 0.15) is 16.7 Å². The Morgan fingerprint density at radius 1 is 0.739 bits per heavy atom. The van der Waals surface area contributed by atoms with Gasteiger partial charge in [0.1, 0.15) is 0 Å². The summed E-state index contributed by atoms with van der Waals surface area (Å²) in [6.45, 7) is 0. The molecule has 3 heteroatoms. The first-order chi connectivity index (χ1) is 11.3. The van der Waals surface area contributed by atoms with Crippen molar-refractivity contribution >= 4 is 17.8 Å². The molecule has 114 valence electrons. The summed E-state index contributed by atoms with van der Waals surface area (Å²) in [5, 5.41) is 13.4. The molecular weight excluding hydrogens is 306 g/mol. The van der Waals surface area contributed by atoms with Crippen LogP contribution in [0.5, 0.6) is 0 Å². The monoisotopic (exact) mass is 321 g/mol. The van der Waals surface area contributed by atoms with Crippen molar-refractivity contribution in [3.63, 3.8) is 0 Å². The van der Waals surface area contributed by atoms with Crippen molar-refractivity contribution in [2.75, 3.05) is 0 Å². The third-order valence-electron chi connectivity index (χ3n) is 4.01. The molecule has 0 radical (unpaired) electrons. The summed E-state index contributed by atoms with van der Waals surface area (Å²) in [6, 6.07) is 27.5. The molecular formula is C20H16ClNO. The molecule has 0 amide bonds. The van der Waals surface area contributed by atoms with Crippen LogP contribution in [0.3, 0.4) is 0 Å². The first-order valence-corrected chi connectivity index (χ1v) is 7.71. The maximum atomic E-state index is 9.40. The number of benzene rings is 3. The highest BCUT2D eigenvalue weighted by atomic mass is 35.5. The molecule has 0 aromatic heterocycles. The fraction of sp³-hybridized carbons (Fsp3) is 0.0500. The van der Waals surface area contributed by atoms with E-state index in [2.05, 4.69) is 5.16 Å². The molecule has 0 aliphatic heterocycles. The lowest BCUT2D eigenvalue weighted by Crippen LogP contribution is -2.31. The Bertz CT molecular complexity index is 761. The van der Waals surface area contributed by atoms with Crippen LogP contribution in [0, 0.1) is 0 Å². The lowest BCUT2D eigenvalue weighted by molar-refractivity contribution is 0.319. The second-order valence-corrected chi connectivity index (χ2v) is 5.67. The van der Waals surface area contributed by atoms with Crippen LogP contribution >= 0.6 is 11.6 Å². The average molecular weight is 322 g/mol. The maximum absolute atomic E-state index is 9.40. The molecule has 0 saturated heterocycles. The quantitative estimate of drug-likeness (QED) is 0.307. The van der Waals surface area contributed by atoms with Crippen LogP contribution in [-0.2, 0) is 5.41 Å². The van der Waals surface area contributed by atoms with E-state index in [9.17, 15) is 5.21 Å². The minimum atomic E-state index is -0.754. The second kappa shape index (κ2) is 6.67. The fourth-order valence-corrected chi connectivity index (χ4v) is 3.25. The molecule has 0 aliphatic carbocycles. The predicted octanol–water partition coefficient (Wildman–Crippen LogP) is 5.13. The zero-order valence-electron chi connectivity index (χ0n) is 12.4. The Kier molecular flexibility index (Phi) is 4.45. The molecule has 3 aromatic rings.